The van der Waals surface area contributed by atoms with E-state index in [9.17, 15) is 28.0 Å². The average Bonchev–Trinajstić information content (AvgIpc) is 3.22. The number of ether oxygens (including phenoxy) is 3. The van der Waals surface area contributed by atoms with Gasteiger partial charge in [0, 0.05) is 26.4 Å². The van der Waals surface area contributed by atoms with Crippen LogP contribution < -0.4 is 20.9 Å². The molecule has 3 aromatic heterocycles. The maximum Gasteiger partial charge on any atom is 0.417 e. The first-order valence-corrected chi connectivity index (χ1v) is 11.8. The highest BCUT2D eigenvalue weighted by molar-refractivity contribution is 5.84. The highest BCUT2D eigenvalue weighted by atomic mass is 19.4. The van der Waals surface area contributed by atoms with Gasteiger partial charge in [0.05, 0.1) is 25.0 Å². The Morgan fingerprint density at radius 3 is 2.68 bits per heavy atom. The molecule has 0 saturated carbocycles. The van der Waals surface area contributed by atoms with Crippen LogP contribution >= 0.6 is 0 Å². The lowest BCUT2D eigenvalue weighted by molar-refractivity contribution is -0.138. The number of anilines is 2. The normalized spacial score (nSPS) is 14.3. The van der Waals surface area contributed by atoms with E-state index in [-0.39, 0.29) is 51.8 Å². The van der Waals surface area contributed by atoms with E-state index in [1.165, 1.54) is 37.0 Å². The van der Waals surface area contributed by atoms with Crippen molar-refractivity contribution in [3.05, 3.63) is 63.7 Å². The molecule has 1 amide bonds. The van der Waals surface area contributed by atoms with Gasteiger partial charge in [-0.2, -0.15) is 23.4 Å². The summed E-state index contributed by atoms with van der Waals surface area (Å²) in [7, 11) is 2.68. The molecule has 214 valence electrons. The molecule has 1 aliphatic rings. The molecular weight excluding hydrogens is 549 g/mol. The molecule has 2 N–H and O–H groups in total. The van der Waals surface area contributed by atoms with Gasteiger partial charge in [0.1, 0.15) is 34.4 Å². The van der Waals surface area contributed by atoms with Crippen molar-refractivity contribution in [3.8, 4) is 11.8 Å². The molecule has 0 aromatic carbocycles. The number of alkyl carbamates (subject to hydrolysis) is 1. The molecule has 1 saturated heterocycles. The van der Waals surface area contributed by atoms with Crippen LogP contribution in [0.15, 0.2) is 52.0 Å². The van der Waals surface area contributed by atoms with Gasteiger partial charge in [0.2, 0.25) is 5.95 Å². The summed E-state index contributed by atoms with van der Waals surface area (Å²) < 4.78 is 58.0. The Kier molecular flexibility index (Phi) is 8.10. The molecule has 0 radical (unpaired) electrons. The van der Waals surface area contributed by atoms with Gasteiger partial charge in [-0.1, -0.05) is 0 Å². The van der Waals surface area contributed by atoms with E-state index < -0.39 is 23.4 Å². The Hall–Kier alpha value is -5.17. The van der Waals surface area contributed by atoms with Gasteiger partial charge < -0.3 is 28.7 Å². The highest BCUT2D eigenvalue weighted by Crippen LogP contribution is 2.32. The van der Waals surface area contributed by atoms with E-state index in [0.717, 1.165) is 4.57 Å². The molecule has 0 atom stereocenters. The molecule has 1 fully saturated rings. The number of nitrogens with one attached hydrogen (secondary N) is 2. The lowest BCUT2D eigenvalue weighted by Crippen LogP contribution is -2.40. The van der Waals surface area contributed by atoms with Crippen molar-refractivity contribution in [3.63, 3.8) is 0 Å². The molecule has 0 aliphatic carbocycles. The number of nitrogens with zero attached hydrogens (tertiary/aromatic N) is 6. The minimum Gasteiger partial charge on any atom is -0.454 e. The van der Waals surface area contributed by atoms with Crippen LogP contribution in [-0.4, -0.2) is 51.2 Å². The van der Waals surface area contributed by atoms with E-state index >= 15 is 0 Å². The second-order valence-electron chi connectivity index (χ2n) is 8.63. The Balaban J connectivity index is 1.63. The number of allylic oxidation sites excluding steroid dienone is 2. The third-order valence-corrected chi connectivity index (χ3v) is 5.81. The molecule has 0 bridgehead atoms. The Morgan fingerprint density at radius 1 is 1.37 bits per heavy atom. The van der Waals surface area contributed by atoms with Crippen molar-refractivity contribution in [1.82, 2.24) is 24.4 Å². The van der Waals surface area contributed by atoms with E-state index in [4.69, 9.17) is 14.2 Å². The Morgan fingerprint density at radius 2 is 2.10 bits per heavy atom. The first-order valence-electron chi connectivity index (χ1n) is 11.8. The number of hydrogen-bond acceptors (Lipinski definition) is 10. The van der Waals surface area contributed by atoms with Gasteiger partial charge in [-0.05, 0) is 25.8 Å². The maximum absolute atomic E-state index is 13.3. The van der Waals surface area contributed by atoms with Crippen molar-refractivity contribution in [1.29, 1.82) is 5.26 Å². The van der Waals surface area contributed by atoms with Crippen LogP contribution in [0.25, 0.3) is 11.2 Å². The summed E-state index contributed by atoms with van der Waals surface area (Å²) in [5, 5.41) is 15.0. The third-order valence-electron chi connectivity index (χ3n) is 5.81. The first kappa shape index (κ1) is 28.8. The van der Waals surface area contributed by atoms with Crippen LogP contribution in [0.5, 0.6) is 5.75 Å². The summed E-state index contributed by atoms with van der Waals surface area (Å²) in [6.07, 6.45) is -1.01. The number of carbonyl (C=O) groups is 1. The van der Waals surface area contributed by atoms with Crippen LogP contribution in [0, 0.1) is 11.3 Å². The van der Waals surface area contributed by atoms with Gasteiger partial charge in [0.15, 0.2) is 17.5 Å². The zero-order valence-electron chi connectivity index (χ0n) is 21.9. The van der Waals surface area contributed by atoms with Gasteiger partial charge in [-0.3, -0.25) is 10.1 Å². The number of halogens is 3. The van der Waals surface area contributed by atoms with Crippen LogP contribution in [0.1, 0.15) is 18.1 Å². The largest absolute Gasteiger partial charge is 0.454 e. The number of fused-ring (bicyclic) bond motifs is 1. The maximum atomic E-state index is 13.3. The number of alkyl halides is 3. The molecular formula is C25H23F3N8O5. The molecule has 1 aliphatic heterocycles. The van der Waals surface area contributed by atoms with Gasteiger partial charge in [-0.25, -0.2) is 14.8 Å². The van der Waals surface area contributed by atoms with Crippen LogP contribution in [0.3, 0.4) is 0 Å². The third kappa shape index (κ3) is 6.20. The SMILES string of the molecule is C=N/C(=C\C(=C/C)Oc1cnc2nc(Nc3cc(C(F)(F)F)cn(C)c3=O)n(C)c2c1C#N)NC(=O)OC1COC1. The lowest BCUT2D eigenvalue weighted by atomic mass is 10.2. The van der Waals surface area contributed by atoms with Gasteiger partial charge in [-0.15, -0.1) is 0 Å². The fourth-order valence-corrected chi connectivity index (χ4v) is 3.65. The van der Waals surface area contributed by atoms with Crippen molar-refractivity contribution < 1.29 is 32.2 Å². The smallest absolute Gasteiger partial charge is 0.417 e. The standard InChI is InChI=1S/C25H23F3N8O5/c1-5-14(7-19(30-2)33-24(38)41-15-11-39-12-15)40-18-9-31-21-20(16(18)8-29)36(4)23(34-21)32-17-6-13(25(26,27)28)10-35(3)22(17)37/h5-7,9-10,15H,2,11-12H2,1,3-4H3,(H,33,38)(H,31,32,34)/b14-5+,19-7+. The number of aryl methyl sites for hydroxylation is 2. The fourth-order valence-electron chi connectivity index (χ4n) is 3.65. The second kappa shape index (κ2) is 11.5. The van der Waals surface area contributed by atoms with E-state index in [2.05, 4.69) is 32.3 Å². The number of carbonyl (C=O) groups excluding carboxylic acids is 1. The molecule has 16 heteroatoms. The number of aliphatic imine (C=N–C) groups is 1. The van der Waals surface area contributed by atoms with Crippen LogP contribution in [0.4, 0.5) is 29.6 Å². The predicted molar refractivity (Wildman–Crippen MR) is 139 cm³/mol. The molecule has 13 nitrogen and oxygen atoms in total. The van der Waals surface area contributed by atoms with Crippen molar-refractivity contribution in [2.45, 2.75) is 19.2 Å². The Labute approximate surface area is 230 Å². The zero-order valence-corrected chi connectivity index (χ0v) is 21.9. The number of pyridine rings is 2. The fraction of sp³-hybridized carbons (Fsp3) is 0.280. The predicted octanol–water partition coefficient (Wildman–Crippen LogP) is 3.25. The quantitative estimate of drug-likeness (QED) is 0.235. The van der Waals surface area contributed by atoms with Gasteiger partial charge >= 0.3 is 12.3 Å². The van der Waals surface area contributed by atoms with E-state index in [1.807, 2.05) is 6.07 Å². The van der Waals surface area contributed by atoms with Crippen LogP contribution in [-0.2, 0) is 29.7 Å². The summed E-state index contributed by atoms with van der Waals surface area (Å²) in [6, 6.07) is 2.69. The molecule has 4 heterocycles. The molecule has 0 spiro atoms. The van der Waals surface area contributed by atoms with Crippen molar-refractivity contribution in [2.75, 3.05) is 18.5 Å². The highest BCUT2D eigenvalue weighted by Gasteiger charge is 2.32. The van der Waals surface area contributed by atoms with Crippen molar-refractivity contribution >= 4 is 35.6 Å². The minimum atomic E-state index is -4.68. The molecule has 41 heavy (non-hydrogen) atoms. The zero-order chi connectivity index (χ0) is 29.9. The van der Waals surface area contributed by atoms with E-state index in [1.54, 1.807) is 6.92 Å². The average molecular weight is 573 g/mol. The summed E-state index contributed by atoms with van der Waals surface area (Å²) in [5.74, 6) is 0.129. The topological polar surface area (TPSA) is 158 Å². The summed E-state index contributed by atoms with van der Waals surface area (Å²) in [6.45, 7) is 5.64. The minimum absolute atomic E-state index is 0.00516. The number of nitriles is 1. The summed E-state index contributed by atoms with van der Waals surface area (Å²) in [5.41, 5.74) is -1.89. The Bertz CT molecular complexity index is 1680. The number of hydrogen-bond donors (Lipinski definition) is 2. The number of amides is 1. The summed E-state index contributed by atoms with van der Waals surface area (Å²) >= 11 is 0. The van der Waals surface area contributed by atoms with E-state index in [0.29, 0.717) is 25.5 Å². The molecule has 0 unspecified atom stereocenters. The number of imidazole rings is 1. The number of aromatic nitrogens is 4. The first-order chi connectivity index (χ1) is 19.4. The number of rotatable bonds is 8. The van der Waals surface area contributed by atoms with Crippen LogP contribution in [0.2, 0.25) is 0 Å². The van der Waals surface area contributed by atoms with Gasteiger partial charge in [0.25, 0.3) is 5.56 Å². The van der Waals surface area contributed by atoms with Crippen molar-refractivity contribution in [2.24, 2.45) is 19.1 Å². The monoisotopic (exact) mass is 572 g/mol. The second-order valence-corrected chi connectivity index (χ2v) is 8.63. The molecule has 3 aromatic rings. The lowest BCUT2D eigenvalue weighted by Gasteiger charge is -2.25. The molecule has 4 rings (SSSR count). The summed E-state index contributed by atoms with van der Waals surface area (Å²) in [4.78, 5) is 36.7.